The molecule has 2 aliphatic carbocycles. The molecule has 0 bridgehead atoms. The quantitative estimate of drug-likeness (QED) is 0.419. The maximum Gasteiger partial charge on any atom is 0.248 e. The van der Waals surface area contributed by atoms with Crippen LogP contribution in [-0.4, -0.2) is 5.92 Å². The predicted octanol–water partition coefficient (Wildman–Crippen LogP) is 8.50. The van der Waals surface area contributed by atoms with E-state index in [0.717, 1.165) is 5.92 Å². The molecule has 0 atom stereocenters. The van der Waals surface area contributed by atoms with Crippen LogP contribution in [0.15, 0.2) is 0 Å². The van der Waals surface area contributed by atoms with E-state index in [-0.39, 0.29) is 12.8 Å². The molecule has 0 amide bonds. The van der Waals surface area contributed by atoms with Crippen LogP contribution in [0, 0.1) is 11.8 Å². The summed E-state index contributed by atoms with van der Waals surface area (Å²) in [4.78, 5) is 0. The Kier molecular flexibility index (Phi) is 23.0. The van der Waals surface area contributed by atoms with Gasteiger partial charge in [0.15, 0.2) is 0 Å². The largest absolute Gasteiger partial charge is 0.248 e. The van der Waals surface area contributed by atoms with Crippen LogP contribution in [0.4, 0.5) is 8.78 Å². The first kappa shape index (κ1) is 26.7. The number of halogens is 2. The van der Waals surface area contributed by atoms with Gasteiger partial charge in [-0.2, -0.15) is 0 Å². The standard InChI is InChI=1S/C7H12F2.C7H14.3C2H6/c1-6-2-4-7(8,9)5-3-6;1-7-5-3-2-4-6-7;3*1-2/h6H,2-5H2,1H3;7H,2-6H2,1H3;3*1-2H3. The van der Waals surface area contributed by atoms with Gasteiger partial charge in [-0.15, -0.1) is 0 Å². The smallest absolute Gasteiger partial charge is 0.207 e. The van der Waals surface area contributed by atoms with E-state index in [0.29, 0.717) is 18.8 Å². The normalized spacial score (nSPS) is 20.5. The summed E-state index contributed by atoms with van der Waals surface area (Å²) in [5.74, 6) is -0.787. The first-order valence-corrected chi connectivity index (χ1v) is 9.87. The number of alkyl halides is 2. The van der Waals surface area contributed by atoms with Gasteiger partial charge in [0.1, 0.15) is 0 Å². The minimum absolute atomic E-state index is 0.105. The van der Waals surface area contributed by atoms with Crippen LogP contribution in [0.25, 0.3) is 0 Å². The molecule has 0 unspecified atom stereocenters. The Morgan fingerprint density at radius 3 is 1.14 bits per heavy atom. The van der Waals surface area contributed by atoms with E-state index in [1.807, 2.05) is 48.5 Å². The zero-order valence-corrected chi connectivity index (χ0v) is 16.8. The van der Waals surface area contributed by atoms with Crippen LogP contribution < -0.4 is 0 Å². The Balaban J connectivity index is -0.000000249. The molecule has 2 fully saturated rings. The number of hydrogen-bond donors (Lipinski definition) is 0. The Hall–Kier alpha value is -0.140. The molecular weight excluding hydrogens is 278 g/mol. The van der Waals surface area contributed by atoms with Gasteiger partial charge in [-0.05, 0) is 24.7 Å². The lowest BCUT2D eigenvalue weighted by Crippen LogP contribution is -2.23. The van der Waals surface area contributed by atoms with Crippen molar-refractivity contribution in [2.45, 2.75) is 119 Å². The third-order valence-corrected chi connectivity index (χ3v) is 3.90. The van der Waals surface area contributed by atoms with Crippen molar-refractivity contribution >= 4 is 0 Å². The van der Waals surface area contributed by atoms with E-state index < -0.39 is 5.92 Å². The van der Waals surface area contributed by atoms with E-state index in [1.165, 1.54) is 32.1 Å². The van der Waals surface area contributed by atoms with Crippen molar-refractivity contribution in [1.82, 2.24) is 0 Å². The van der Waals surface area contributed by atoms with Gasteiger partial charge < -0.3 is 0 Å². The zero-order valence-electron chi connectivity index (χ0n) is 16.8. The van der Waals surface area contributed by atoms with Crippen molar-refractivity contribution in [3.8, 4) is 0 Å². The second kappa shape index (κ2) is 18.9. The van der Waals surface area contributed by atoms with Crippen molar-refractivity contribution in [1.29, 1.82) is 0 Å². The molecule has 22 heavy (non-hydrogen) atoms. The molecule has 0 spiro atoms. The second-order valence-electron chi connectivity index (χ2n) is 5.78. The minimum Gasteiger partial charge on any atom is -0.207 e. The molecule has 0 saturated heterocycles. The van der Waals surface area contributed by atoms with E-state index in [4.69, 9.17) is 0 Å². The van der Waals surface area contributed by atoms with E-state index in [9.17, 15) is 8.78 Å². The molecule has 0 heterocycles. The summed E-state index contributed by atoms with van der Waals surface area (Å²) in [6, 6.07) is 0. The monoisotopic (exact) mass is 322 g/mol. The average molecular weight is 323 g/mol. The Morgan fingerprint density at radius 2 is 0.909 bits per heavy atom. The SMILES string of the molecule is CC.CC.CC.CC1CCC(F)(F)CC1.CC1CCCCC1. The average Bonchev–Trinajstić information content (AvgIpc) is 2.57. The molecule has 138 valence electrons. The summed E-state index contributed by atoms with van der Waals surface area (Å²) in [5.41, 5.74) is 0. The fourth-order valence-electron chi connectivity index (χ4n) is 2.49. The minimum atomic E-state index is -2.34. The lowest BCUT2D eigenvalue weighted by Gasteiger charge is -2.25. The van der Waals surface area contributed by atoms with Crippen molar-refractivity contribution in [3.63, 3.8) is 0 Å². The first-order chi connectivity index (χ1) is 10.5. The van der Waals surface area contributed by atoms with Gasteiger partial charge in [0, 0.05) is 12.8 Å². The Morgan fingerprint density at radius 1 is 0.591 bits per heavy atom. The van der Waals surface area contributed by atoms with Crippen molar-refractivity contribution in [2.75, 3.05) is 0 Å². The zero-order chi connectivity index (χ0) is 18.0. The summed E-state index contributed by atoms with van der Waals surface area (Å²) in [7, 11) is 0. The van der Waals surface area contributed by atoms with Crippen LogP contribution in [0.5, 0.6) is 0 Å². The molecule has 0 aromatic heterocycles. The molecular formula is C20H44F2. The van der Waals surface area contributed by atoms with Gasteiger partial charge in [-0.25, -0.2) is 8.78 Å². The van der Waals surface area contributed by atoms with Gasteiger partial charge in [-0.3, -0.25) is 0 Å². The third-order valence-electron chi connectivity index (χ3n) is 3.90. The molecule has 2 rings (SSSR count). The van der Waals surface area contributed by atoms with Gasteiger partial charge in [0.25, 0.3) is 0 Å². The van der Waals surface area contributed by atoms with E-state index in [1.54, 1.807) is 0 Å². The maximum atomic E-state index is 12.4. The molecule has 0 N–H and O–H groups in total. The molecule has 2 heteroatoms. The van der Waals surface area contributed by atoms with Crippen LogP contribution in [0.1, 0.15) is 113 Å². The van der Waals surface area contributed by atoms with Crippen LogP contribution in [-0.2, 0) is 0 Å². The van der Waals surface area contributed by atoms with Gasteiger partial charge in [0.2, 0.25) is 5.92 Å². The van der Waals surface area contributed by atoms with Crippen LogP contribution in [0.3, 0.4) is 0 Å². The van der Waals surface area contributed by atoms with Gasteiger partial charge in [-0.1, -0.05) is 87.5 Å². The molecule has 0 aromatic rings. The molecule has 0 radical (unpaired) electrons. The van der Waals surface area contributed by atoms with E-state index in [2.05, 4.69) is 6.92 Å². The molecule has 0 nitrogen and oxygen atoms in total. The van der Waals surface area contributed by atoms with Crippen molar-refractivity contribution in [2.24, 2.45) is 11.8 Å². The summed E-state index contributed by atoms with van der Waals surface area (Å²) in [6.07, 6.45) is 9.05. The number of rotatable bonds is 0. The lowest BCUT2D eigenvalue weighted by atomic mass is 9.88. The predicted molar refractivity (Wildman–Crippen MR) is 98.9 cm³/mol. The summed E-state index contributed by atoms with van der Waals surface area (Å²) in [5, 5.41) is 0. The fourth-order valence-corrected chi connectivity index (χ4v) is 2.49. The first-order valence-electron chi connectivity index (χ1n) is 9.87. The van der Waals surface area contributed by atoms with Crippen molar-refractivity contribution < 1.29 is 8.78 Å². The Bertz CT molecular complexity index is 174. The van der Waals surface area contributed by atoms with Crippen LogP contribution in [0.2, 0.25) is 0 Å². The lowest BCUT2D eigenvalue weighted by molar-refractivity contribution is -0.0438. The highest BCUT2D eigenvalue weighted by Gasteiger charge is 2.33. The van der Waals surface area contributed by atoms with Gasteiger partial charge in [0.05, 0.1) is 0 Å². The highest BCUT2D eigenvalue weighted by atomic mass is 19.3. The topological polar surface area (TPSA) is 0 Å². The third kappa shape index (κ3) is 17.9. The second-order valence-corrected chi connectivity index (χ2v) is 5.78. The highest BCUT2D eigenvalue weighted by Crippen LogP contribution is 2.35. The maximum absolute atomic E-state index is 12.4. The van der Waals surface area contributed by atoms with Gasteiger partial charge >= 0.3 is 0 Å². The van der Waals surface area contributed by atoms with Crippen molar-refractivity contribution in [3.05, 3.63) is 0 Å². The summed E-state index contributed by atoms with van der Waals surface area (Å²) in [6.45, 7) is 16.4. The molecule has 2 saturated carbocycles. The number of hydrogen-bond acceptors (Lipinski definition) is 0. The summed E-state index contributed by atoms with van der Waals surface area (Å²) < 4.78 is 24.8. The fraction of sp³-hybridized carbons (Fsp3) is 1.00. The Labute approximate surface area is 140 Å². The molecule has 0 aliphatic heterocycles. The highest BCUT2D eigenvalue weighted by molar-refractivity contribution is 4.74. The summed E-state index contributed by atoms with van der Waals surface area (Å²) >= 11 is 0. The van der Waals surface area contributed by atoms with Crippen LogP contribution >= 0.6 is 0 Å². The molecule has 2 aliphatic rings. The molecule has 0 aromatic carbocycles. The van der Waals surface area contributed by atoms with E-state index >= 15 is 0 Å².